The molecule has 0 saturated carbocycles. The fraction of sp³-hybridized carbons (Fsp3) is 0.706. The number of hydrogen-bond acceptors (Lipinski definition) is 5. The average Bonchev–Trinajstić information content (AvgIpc) is 2.58. The lowest BCUT2D eigenvalue weighted by atomic mass is 10.00. The number of likely N-dealkylation sites (tertiary alicyclic amines) is 1. The van der Waals surface area contributed by atoms with Crippen LogP contribution >= 0.6 is 0 Å². The number of anilines is 1. The molecular formula is C17H29N5O. The predicted molar refractivity (Wildman–Crippen MR) is 92.7 cm³/mol. The zero-order valence-electron chi connectivity index (χ0n) is 14.6. The van der Waals surface area contributed by atoms with Gasteiger partial charge in [0, 0.05) is 19.1 Å². The summed E-state index contributed by atoms with van der Waals surface area (Å²) in [5.41, 5.74) is 0.448. The molecule has 1 unspecified atom stereocenters. The average molecular weight is 319 g/mol. The van der Waals surface area contributed by atoms with Gasteiger partial charge in [0.15, 0.2) is 0 Å². The Balaban J connectivity index is 1.89. The van der Waals surface area contributed by atoms with E-state index in [-0.39, 0.29) is 5.91 Å². The molecule has 0 spiro atoms. The smallest absolute Gasteiger partial charge is 0.274 e. The van der Waals surface area contributed by atoms with Crippen molar-refractivity contribution in [3.8, 4) is 0 Å². The monoisotopic (exact) mass is 319 g/mol. The van der Waals surface area contributed by atoms with Crippen molar-refractivity contribution in [2.75, 3.05) is 39.0 Å². The number of rotatable bonds is 7. The highest BCUT2D eigenvalue weighted by Gasteiger charge is 2.26. The lowest BCUT2D eigenvalue weighted by Gasteiger charge is -2.34. The number of piperidine rings is 1. The second-order valence-corrected chi connectivity index (χ2v) is 6.43. The zero-order valence-corrected chi connectivity index (χ0v) is 14.6. The van der Waals surface area contributed by atoms with Crippen molar-refractivity contribution < 1.29 is 4.79 Å². The summed E-state index contributed by atoms with van der Waals surface area (Å²) in [7, 11) is 4.12. The summed E-state index contributed by atoms with van der Waals surface area (Å²) < 4.78 is 0. The Bertz CT molecular complexity index is 488. The molecule has 1 amide bonds. The van der Waals surface area contributed by atoms with Crippen LogP contribution in [0.1, 0.15) is 49.5 Å². The number of hydrogen-bond donors (Lipinski definition) is 1. The van der Waals surface area contributed by atoms with Gasteiger partial charge in [-0.3, -0.25) is 4.79 Å². The number of aromatic nitrogens is 2. The molecule has 1 aliphatic rings. The molecule has 6 nitrogen and oxygen atoms in total. The van der Waals surface area contributed by atoms with Gasteiger partial charge in [0.05, 0.1) is 12.4 Å². The number of carbonyl (C=O) groups excluding carboxylic acids is 1. The van der Waals surface area contributed by atoms with Crippen LogP contribution in [-0.2, 0) is 0 Å². The quantitative estimate of drug-likeness (QED) is 0.781. The third kappa shape index (κ3) is 5.16. The van der Waals surface area contributed by atoms with Crippen molar-refractivity contribution in [1.82, 2.24) is 19.8 Å². The van der Waals surface area contributed by atoms with Crippen LogP contribution in [0.25, 0.3) is 0 Å². The van der Waals surface area contributed by atoms with E-state index in [1.807, 2.05) is 4.90 Å². The third-order valence-electron chi connectivity index (χ3n) is 4.32. The van der Waals surface area contributed by atoms with Crippen molar-refractivity contribution in [3.05, 3.63) is 18.1 Å². The summed E-state index contributed by atoms with van der Waals surface area (Å²) in [4.78, 5) is 25.4. The van der Waals surface area contributed by atoms with Gasteiger partial charge >= 0.3 is 0 Å². The second-order valence-electron chi connectivity index (χ2n) is 6.43. The Labute approximate surface area is 139 Å². The largest absolute Gasteiger partial charge is 0.369 e. The molecule has 1 aromatic heterocycles. The van der Waals surface area contributed by atoms with E-state index >= 15 is 0 Å². The molecule has 2 rings (SSSR count). The van der Waals surface area contributed by atoms with Crippen LogP contribution in [0.4, 0.5) is 5.82 Å². The molecule has 1 aromatic rings. The number of nitrogens with one attached hydrogen (secondary N) is 1. The van der Waals surface area contributed by atoms with Gasteiger partial charge < -0.3 is 15.1 Å². The molecule has 128 valence electrons. The molecule has 1 atom stereocenters. The predicted octanol–water partition coefficient (Wildman–Crippen LogP) is 2.24. The standard InChI is InChI=1S/C17H29N5O/c1-4-14-8-5-6-11-22(14)17(23)15-12-20-16(13-19-15)18-9-7-10-21(2)3/h12-14H,4-11H2,1-3H3,(H,18,20). The molecule has 0 aromatic carbocycles. The second kappa shape index (κ2) is 8.82. The summed E-state index contributed by atoms with van der Waals surface area (Å²) in [6, 6.07) is 0.349. The molecule has 6 heteroatoms. The van der Waals surface area contributed by atoms with E-state index in [2.05, 4.69) is 41.2 Å². The molecule has 2 heterocycles. The Kier molecular flexibility index (Phi) is 6.77. The van der Waals surface area contributed by atoms with Gasteiger partial charge in [-0.1, -0.05) is 6.92 Å². The van der Waals surface area contributed by atoms with Crippen molar-refractivity contribution in [2.45, 2.75) is 45.1 Å². The van der Waals surface area contributed by atoms with Crippen LogP contribution in [0, 0.1) is 0 Å². The maximum atomic E-state index is 12.6. The summed E-state index contributed by atoms with van der Waals surface area (Å²) in [6.45, 7) is 4.86. The summed E-state index contributed by atoms with van der Waals surface area (Å²) in [6.07, 6.45) is 8.70. The Hall–Kier alpha value is -1.69. The molecule has 1 fully saturated rings. The third-order valence-corrected chi connectivity index (χ3v) is 4.32. The van der Waals surface area contributed by atoms with Crippen molar-refractivity contribution in [3.63, 3.8) is 0 Å². The van der Waals surface area contributed by atoms with Crippen molar-refractivity contribution >= 4 is 11.7 Å². The fourth-order valence-electron chi connectivity index (χ4n) is 2.98. The Morgan fingerprint density at radius 1 is 1.35 bits per heavy atom. The van der Waals surface area contributed by atoms with Gasteiger partial charge in [-0.15, -0.1) is 0 Å². The minimum Gasteiger partial charge on any atom is -0.369 e. The van der Waals surface area contributed by atoms with Crippen LogP contribution in [0.2, 0.25) is 0 Å². The zero-order chi connectivity index (χ0) is 16.7. The number of carbonyl (C=O) groups is 1. The van der Waals surface area contributed by atoms with E-state index in [4.69, 9.17) is 0 Å². The first kappa shape index (κ1) is 17.7. The summed E-state index contributed by atoms with van der Waals surface area (Å²) >= 11 is 0. The van der Waals surface area contributed by atoms with Crippen molar-refractivity contribution in [2.24, 2.45) is 0 Å². The maximum absolute atomic E-state index is 12.6. The van der Waals surface area contributed by atoms with Crippen LogP contribution in [0.5, 0.6) is 0 Å². The van der Waals surface area contributed by atoms with Crippen LogP contribution < -0.4 is 5.32 Å². The molecule has 1 N–H and O–H groups in total. The van der Waals surface area contributed by atoms with Gasteiger partial charge in [-0.2, -0.15) is 0 Å². The normalized spacial score (nSPS) is 18.3. The highest BCUT2D eigenvalue weighted by Crippen LogP contribution is 2.21. The van der Waals surface area contributed by atoms with E-state index in [0.29, 0.717) is 11.7 Å². The first-order chi connectivity index (χ1) is 11.1. The summed E-state index contributed by atoms with van der Waals surface area (Å²) in [5.74, 6) is 0.745. The molecule has 23 heavy (non-hydrogen) atoms. The van der Waals surface area contributed by atoms with E-state index < -0.39 is 0 Å². The lowest BCUT2D eigenvalue weighted by molar-refractivity contribution is 0.0601. The van der Waals surface area contributed by atoms with Gasteiger partial charge in [0.25, 0.3) is 5.91 Å². The molecule has 0 bridgehead atoms. The minimum absolute atomic E-state index is 0.0169. The molecule has 1 saturated heterocycles. The van der Waals surface area contributed by atoms with E-state index in [9.17, 15) is 4.79 Å². The van der Waals surface area contributed by atoms with E-state index in [0.717, 1.165) is 51.1 Å². The minimum atomic E-state index is 0.0169. The van der Waals surface area contributed by atoms with E-state index in [1.165, 1.54) is 6.42 Å². The first-order valence-electron chi connectivity index (χ1n) is 8.63. The van der Waals surface area contributed by atoms with Crippen LogP contribution in [-0.4, -0.2) is 65.4 Å². The van der Waals surface area contributed by atoms with E-state index in [1.54, 1.807) is 12.4 Å². The topological polar surface area (TPSA) is 61.4 Å². The van der Waals surface area contributed by atoms with Gasteiger partial charge in [0.2, 0.25) is 0 Å². The molecule has 0 aliphatic carbocycles. The molecule has 1 aliphatic heterocycles. The first-order valence-corrected chi connectivity index (χ1v) is 8.63. The van der Waals surface area contributed by atoms with Gasteiger partial charge in [0.1, 0.15) is 11.5 Å². The number of amides is 1. The van der Waals surface area contributed by atoms with Gasteiger partial charge in [-0.25, -0.2) is 9.97 Å². The highest BCUT2D eigenvalue weighted by atomic mass is 16.2. The molecular weight excluding hydrogens is 290 g/mol. The Morgan fingerprint density at radius 2 is 2.17 bits per heavy atom. The van der Waals surface area contributed by atoms with Crippen LogP contribution in [0.15, 0.2) is 12.4 Å². The number of nitrogens with zero attached hydrogens (tertiary/aromatic N) is 4. The lowest BCUT2D eigenvalue weighted by Crippen LogP contribution is -2.43. The molecule has 0 radical (unpaired) electrons. The van der Waals surface area contributed by atoms with Crippen molar-refractivity contribution in [1.29, 1.82) is 0 Å². The van der Waals surface area contributed by atoms with Crippen LogP contribution in [0.3, 0.4) is 0 Å². The fourth-order valence-corrected chi connectivity index (χ4v) is 2.98. The SMILES string of the molecule is CCC1CCCCN1C(=O)c1cnc(NCCCN(C)C)cn1. The summed E-state index contributed by atoms with van der Waals surface area (Å²) in [5, 5.41) is 3.24. The highest BCUT2D eigenvalue weighted by molar-refractivity contribution is 5.92. The van der Waals surface area contributed by atoms with Gasteiger partial charge in [-0.05, 0) is 52.7 Å². The Morgan fingerprint density at radius 3 is 2.83 bits per heavy atom. The maximum Gasteiger partial charge on any atom is 0.274 e.